The van der Waals surface area contributed by atoms with Crippen LogP contribution >= 0.6 is 0 Å². The van der Waals surface area contributed by atoms with E-state index in [1.165, 1.54) is 23.3 Å². The van der Waals surface area contributed by atoms with Gasteiger partial charge in [0.25, 0.3) is 10.1 Å². The molecule has 0 saturated carbocycles. The number of ether oxygens (including phenoxy) is 1. The van der Waals surface area contributed by atoms with Gasteiger partial charge in [-0.25, -0.2) is 0 Å². The molecule has 0 unspecified atom stereocenters. The molecule has 0 saturated heterocycles. The Hall–Kier alpha value is -2.38. The minimum absolute atomic E-state index is 0.0666. The Kier molecular flexibility index (Phi) is 5.29. The Balaban J connectivity index is 0.000000160. The number of aryl methyl sites for hydroxylation is 2. The second kappa shape index (κ2) is 7.47. The molecule has 0 atom stereocenters. The Morgan fingerprint density at radius 3 is 2.42 bits per heavy atom. The first-order valence-electron chi connectivity index (χ1n) is 8.42. The van der Waals surface area contributed by atoms with Gasteiger partial charge in [0, 0.05) is 12.0 Å². The molecule has 0 aromatic heterocycles. The summed E-state index contributed by atoms with van der Waals surface area (Å²) in [4.78, 5) is -0.0666. The van der Waals surface area contributed by atoms with Crippen molar-refractivity contribution in [3.63, 3.8) is 0 Å². The fourth-order valence-corrected chi connectivity index (χ4v) is 3.63. The van der Waals surface area contributed by atoms with E-state index < -0.39 is 10.1 Å². The SMILES string of the molecule is Cc1ccc(S(=O)(=O)O)cc1.O/N=C1\CCCc2cc3c(cc21)OCC3. The fraction of sp³-hybridized carbons (Fsp3) is 0.316. The van der Waals surface area contributed by atoms with Crippen LogP contribution in [-0.2, 0) is 23.0 Å². The maximum Gasteiger partial charge on any atom is 0.294 e. The molecule has 2 N–H and O–H groups in total. The highest BCUT2D eigenvalue weighted by molar-refractivity contribution is 7.85. The van der Waals surface area contributed by atoms with Gasteiger partial charge in [0.05, 0.1) is 17.2 Å². The van der Waals surface area contributed by atoms with Crippen molar-refractivity contribution in [2.75, 3.05) is 6.61 Å². The minimum Gasteiger partial charge on any atom is -0.493 e. The zero-order valence-corrected chi connectivity index (χ0v) is 15.3. The second-order valence-corrected chi connectivity index (χ2v) is 7.83. The van der Waals surface area contributed by atoms with Crippen LogP contribution in [0, 0.1) is 6.92 Å². The van der Waals surface area contributed by atoms with Crippen molar-refractivity contribution in [2.24, 2.45) is 5.16 Å². The highest BCUT2D eigenvalue weighted by atomic mass is 32.2. The summed E-state index contributed by atoms with van der Waals surface area (Å²) in [5.41, 5.74) is 5.43. The van der Waals surface area contributed by atoms with Crippen LogP contribution in [0.2, 0.25) is 0 Å². The minimum atomic E-state index is -4.02. The van der Waals surface area contributed by atoms with E-state index >= 15 is 0 Å². The molecule has 1 aliphatic heterocycles. The quantitative estimate of drug-likeness (QED) is 0.452. The number of oxime groups is 1. The van der Waals surface area contributed by atoms with Crippen molar-refractivity contribution in [1.29, 1.82) is 0 Å². The molecule has 2 aromatic carbocycles. The summed E-state index contributed by atoms with van der Waals surface area (Å²) in [5.74, 6) is 0.969. The summed E-state index contributed by atoms with van der Waals surface area (Å²) in [6.45, 7) is 2.62. The van der Waals surface area contributed by atoms with Crippen molar-refractivity contribution >= 4 is 15.8 Å². The van der Waals surface area contributed by atoms with Gasteiger partial charge in [-0.1, -0.05) is 28.9 Å². The van der Waals surface area contributed by atoms with E-state index in [0.717, 1.165) is 54.9 Å². The molecule has 0 amide bonds. The highest BCUT2D eigenvalue weighted by Gasteiger charge is 2.21. The van der Waals surface area contributed by atoms with Gasteiger partial charge in [0.2, 0.25) is 0 Å². The summed E-state index contributed by atoms with van der Waals surface area (Å²) < 4.78 is 35.1. The van der Waals surface area contributed by atoms with E-state index in [1.54, 1.807) is 12.1 Å². The van der Waals surface area contributed by atoms with E-state index in [0.29, 0.717) is 0 Å². The topological polar surface area (TPSA) is 96.2 Å². The Morgan fingerprint density at radius 2 is 1.77 bits per heavy atom. The van der Waals surface area contributed by atoms with Crippen LogP contribution < -0.4 is 4.74 Å². The van der Waals surface area contributed by atoms with Crippen LogP contribution in [0.4, 0.5) is 0 Å². The van der Waals surface area contributed by atoms with E-state index in [9.17, 15) is 8.42 Å². The molecule has 6 nitrogen and oxygen atoms in total. The van der Waals surface area contributed by atoms with Gasteiger partial charge in [0.15, 0.2) is 0 Å². The first-order valence-corrected chi connectivity index (χ1v) is 9.86. The van der Waals surface area contributed by atoms with Gasteiger partial charge in [-0.3, -0.25) is 4.55 Å². The van der Waals surface area contributed by atoms with Crippen molar-refractivity contribution in [3.05, 3.63) is 58.7 Å². The normalized spacial score (nSPS) is 16.9. The Morgan fingerprint density at radius 1 is 1.04 bits per heavy atom. The van der Waals surface area contributed by atoms with Gasteiger partial charge < -0.3 is 9.94 Å². The zero-order valence-electron chi connectivity index (χ0n) is 14.5. The van der Waals surface area contributed by atoms with Crippen molar-refractivity contribution in [1.82, 2.24) is 0 Å². The molecule has 0 bridgehead atoms. The molecule has 2 aliphatic rings. The third-order valence-corrected chi connectivity index (χ3v) is 5.39. The Bertz CT molecular complexity index is 933. The molecule has 7 heteroatoms. The number of hydrogen-bond acceptors (Lipinski definition) is 5. The van der Waals surface area contributed by atoms with Gasteiger partial charge >= 0.3 is 0 Å². The van der Waals surface area contributed by atoms with Crippen LogP contribution in [-0.4, -0.2) is 30.5 Å². The number of fused-ring (bicyclic) bond motifs is 2. The first-order chi connectivity index (χ1) is 12.4. The van der Waals surface area contributed by atoms with Crippen molar-refractivity contribution in [2.45, 2.75) is 37.5 Å². The van der Waals surface area contributed by atoms with Crippen molar-refractivity contribution < 1.29 is 22.9 Å². The lowest BCUT2D eigenvalue weighted by atomic mass is 9.88. The monoisotopic (exact) mass is 375 g/mol. The van der Waals surface area contributed by atoms with E-state index in [2.05, 4.69) is 11.2 Å². The summed E-state index contributed by atoms with van der Waals surface area (Å²) in [5, 5.41) is 12.3. The summed E-state index contributed by atoms with van der Waals surface area (Å²) in [7, 11) is -4.02. The van der Waals surface area contributed by atoms with E-state index in [4.69, 9.17) is 14.5 Å². The third kappa shape index (κ3) is 4.05. The molecule has 0 spiro atoms. The maximum atomic E-state index is 10.5. The molecule has 26 heavy (non-hydrogen) atoms. The summed E-state index contributed by atoms with van der Waals surface area (Å²) >= 11 is 0. The molecule has 1 aliphatic carbocycles. The zero-order chi connectivity index (χ0) is 18.7. The molecule has 4 rings (SSSR count). The maximum absolute atomic E-state index is 10.5. The molecule has 0 radical (unpaired) electrons. The lowest BCUT2D eigenvalue weighted by molar-refractivity contribution is 0.317. The second-order valence-electron chi connectivity index (χ2n) is 6.40. The molecule has 138 valence electrons. The number of rotatable bonds is 1. The summed E-state index contributed by atoms with van der Waals surface area (Å²) in [6.07, 6.45) is 4.03. The van der Waals surface area contributed by atoms with Crippen LogP contribution in [0.15, 0.2) is 46.4 Å². The van der Waals surface area contributed by atoms with Crippen LogP contribution in [0.1, 0.15) is 35.1 Å². The van der Waals surface area contributed by atoms with Crippen molar-refractivity contribution in [3.8, 4) is 5.75 Å². The van der Waals surface area contributed by atoms with E-state index in [-0.39, 0.29) is 4.90 Å². The smallest absolute Gasteiger partial charge is 0.294 e. The molecule has 0 fully saturated rings. The van der Waals surface area contributed by atoms with Gasteiger partial charge in [-0.05, 0) is 55.5 Å². The third-order valence-electron chi connectivity index (χ3n) is 4.53. The van der Waals surface area contributed by atoms with E-state index in [1.807, 2.05) is 13.0 Å². The average Bonchev–Trinajstić information content (AvgIpc) is 3.06. The standard InChI is InChI=1S/C12H13NO2.C7H8O3S/c14-13-11-3-1-2-8-6-9-4-5-15-12(9)7-10(8)11;1-6-2-4-7(5-3-6)11(8,9)10/h6-7,14H,1-5H2;2-5H,1H3,(H,8,9,10)/b13-11+;. The lowest BCUT2D eigenvalue weighted by Crippen LogP contribution is -2.12. The first kappa shape index (κ1) is 18.4. The average molecular weight is 375 g/mol. The predicted molar refractivity (Wildman–Crippen MR) is 97.9 cm³/mol. The number of hydrogen-bond donors (Lipinski definition) is 2. The molecule has 1 heterocycles. The highest BCUT2D eigenvalue weighted by Crippen LogP contribution is 2.32. The number of nitrogens with zero attached hydrogens (tertiary/aromatic N) is 1. The largest absolute Gasteiger partial charge is 0.493 e. The van der Waals surface area contributed by atoms with Crippen LogP contribution in [0.5, 0.6) is 5.75 Å². The molecule has 2 aromatic rings. The van der Waals surface area contributed by atoms with Gasteiger partial charge in [-0.2, -0.15) is 8.42 Å². The van der Waals surface area contributed by atoms with Gasteiger partial charge in [0.1, 0.15) is 5.75 Å². The molecular weight excluding hydrogens is 354 g/mol. The predicted octanol–water partition coefficient (Wildman–Crippen LogP) is 3.38. The molecular formula is C19H21NO5S. The van der Waals surface area contributed by atoms with Crippen LogP contribution in [0.3, 0.4) is 0 Å². The lowest BCUT2D eigenvalue weighted by Gasteiger charge is -2.17. The number of benzene rings is 2. The Labute approximate surface area is 152 Å². The van der Waals surface area contributed by atoms with Gasteiger partial charge in [-0.15, -0.1) is 0 Å². The fourth-order valence-electron chi connectivity index (χ4n) is 3.15. The van der Waals surface area contributed by atoms with Crippen LogP contribution in [0.25, 0.3) is 0 Å². The summed E-state index contributed by atoms with van der Waals surface area (Å²) in [6, 6.07) is 10.2.